The topological polar surface area (TPSA) is 109 Å². The maximum absolute atomic E-state index is 12.0. The number of carbonyl (C=O) groups excluding carboxylic acids is 1. The highest BCUT2D eigenvalue weighted by molar-refractivity contribution is 5.99. The van der Waals surface area contributed by atoms with Crippen molar-refractivity contribution in [3.63, 3.8) is 0 Å². The predicted octanol–water partition coefficient (Wildman–Crippen LogP) is 3.63. The number of aryl methyl sites for hydroxylation is 2. The van der Waals surface area contributed by atoms with Gasteiger partial charge in [0.15, 0.2) is 11.5 Å². The molecule has 0 unspecified atom stereocenters. The summed E-state index contributed by atoms with van der Waals surface area (Å²) < 4.78 is 16.1. The van der Waals surface area contributed by atoms with Gasteiger partial charge in [0.2, 0.25) is 11.7 Å². The number of methoxy groups -OCH3 is 3. The van der Waals surface area contributed by atoms with Crippen molar-refractivity contribution in [2.24, 2.45) is 5.73 Å². The van der Waals surface area contributed by atoms with Gasteiger partial charge in [-0.1, -0.05) is 18.2 Å². The molecule has 0 radical (unpaired) electrons. The summed E-state index contributed by atoms with van der Waals surface area (Å²) in [6, 6.07) is 9.36. The van der Waals surface area contributed by atoms with Crippen LogP contribution in [0.2, 0.25) is 0 Å². The zero-order valence-electron chi connectivity index (χ0n) is 17.6. The molecule has 0 spiro atoms. The number of hydrogen-bond acceptors (Lipinski definition) is 7. The molecule has 1 heterocycles. The Morgan fingerprint density at radius 1 is 1.00 bits per heavy atom. The lowest BCUT2D eigenvalue weighted by Crippen LogP contribution is -2.15. The summed E-state index contributed by atoms with van der Waals surface area (Å²) in [6.07, 6.45) is 1.43. The van der Waals surface area contributed by atoms with Crippen LogP contribution in [0, 0.1) is 13.8 Å². The fourth-order valence-corrected chi connectivity index (χ4v) is 3.28. The van der Waals surface area contributed by atoms with Crippen molar-refractivity contribution in [1.82, 2.24) is 9.97 Å². The van der Waals surface area contributed by atoms with Crippen molar-refractivity contribution < 1.29 is 19.0 Å². The average molecular weight is 408 g/mol. The fourth-order valence-electron chi connectivity index (χ4n) is 3.28. The Kier molecular flexibility index (Phi) is 6.06. The van der Waals surface area contributed by atoms with Gasteiger partial charge < -0.3 is 25.3 Å². The molecule has 1 aromatic heterocycles. The standard InChI is InChI=1S/C22H24N4O4/c1-12-7-6-8-13(2)18(12)19-15(21(23)27)11-24-22(26-19)25-14-9-16(28-3)20(30-5)17(10-14)29-4/h6-11H,1-5H3,(H2,23,27)(H,24,25,26). The molecule has 3 rings (SSSR count). The first kappa shape index (κ1) is 20.9. The largest absolute Gasteiger partial charge is 0.493 e. The van der Waals surface area contributed by atoms with Crippen LogP contribution in [-0.2, 0) is 0 Å². The Balaban J connectivity index is 2.10. The fraction of sp³-hybridized carbons (Fsp3) is 0.227. The monoisotopic (exact) mass is 408 g/mol. The van der Waals surface area contributed by atoms with Gasteiger partial charge in [-0.25, -0.2) is 9.97 Å². The molecular weight excluding hydrogens is 384 g/mol. The second-order valence-corrected chi connectivity index (χ2v) is 6.63. The maximum atomic E-state index is 12.0. The summed E-state index contributed by atoms with van der Waals surface area (Å²) in [5.74, 6) is 1.16. The third-order valence-electron chi connectivity index (χ3n) is 4.69. The van der Waals surface area contributed by atoms with Crippen LogP contribution in [0.15, 0.2) is 36.5 Å². The predicted molar refractivity (Wildman–Crippen MR) is 115 cm³/mol. The van der Waals surface area contributed by atoms with Crippen LogP contribution in [0.25, 0.3) is 11.3 Å². The second-order valence-electron chi connectivity index (χ2n) is 6.63. The van der Waals surface area contributed by atoms with Gasteiger partial charge in [0.25, 0.3) is 5.91 Å². The van der Waals surface area contributed by atoms with Crippen LogP contribution in [0.1, 0.15) is 21.5 Å². The Labute approximate surface area is 175 Å². The molecule has 0 saturated carbocycles. The van der Waals surface area contributed by atoms with E-state index in [0.29, 0.717) is 34.6 Å². The molecule has 3 N–H and O–H groups in total. The summed E-state index contributed by atoms with van der Waals surface area (Å²) >= 11 is 0. The third-order valence-corrected chi connectivity index (χ3v) is 4.69. The minimum absolute atomic E-state index is 0.253. The second kappa shape index (κ2) is 8.69. The summed E-state index contributed by atoms with van der Waals surface area (Å²) in [7, 11) is 4.62. The molecule has 30 heavy (non-hydrogen) atoms. The molecule has 0 aliphatic carbocycles. The first-order valence-electron chi connectivity index (χ1n) is 9.20. The highest BCUT2D eigenvalue weighted by Crippen LogP contribution is 2.40. The van der Waals surface area contributed by atoms with Crippen LogP contribution in [-0.4, -0.2) is 37.2 Å². The number of nitrogens with zero attached hydrogens (tertiary/aromatic N) is 2. The molecule has 0 aliphatic heterocycles. The number of aromatic nitrogens is 2. The molecule has 1 amide bonds. The van der Waals surface area contributed by atoms with Crippen LogP contribution in [0.4, 0.5) is 11.6 Å². The lowest BCUT2D eigenvalue weighted by molar-refractivity contribution is 0.100. The number of primary amides is 1. The van der Waals surface area contributed by atoms with Crippen molar-refractivity contribution in [3.8, 4) is 28.5 Å². The van der Waals surface area contributed by atoms with Crippen molar-refractivity contribution in [2.45, 2.75) is 13.8 Å². The Morgan fingerprint density at radius 2 is 1.60 bits per heavy atom. The van der Waals surface area contributed by atoms with Crippen LogP contribution >= 0.6 is 0 Å². The van der Waals surface area contributed by atoms with E-state index < -0.39 is 5.91 Å². The zero-order chi connectivity index (χ0) is 21.8. The number of nitrogens with two attached hydrogens (primary N) is 1. The third kappa shape index (κ3) is 3.98. The first-order chi connectivity index (χ1) is 14.4. The van der Waals surface area contributed by atoms with Crippen molar-refractivity contribution >= 4 is 17.5 Å². The van der Waals surface area contributed by atoms with E-state index in [4.69, 9.17) is 19.9 Å². The molecule has 0 atom stereocenters. The van der Waals surface area contributed by atoms with Crippen LogP contribution < -0.4 is 25.3 Å². The Bertz CT molecular complexity index is 1050. The number of rotatable bonds is 7. The smallest absolute Gasteiger partial charge is 0.252 e. The summed E-state index contributed by atoms with van der Waals surface area (Å²) in [5.41, 5.74) is 9.74. The number of amides is 1. The minimum Gasteiger partial charge on any atom is -0.493 e. The van der Waals surface area contributed by atoms with Crippen molar-refractivity contribution in [1.29, 1.82) is 0 Å². The Hall–Kier alpha value is -3.81. The minimum atomic E-state index is -0.591. The van der Waals surface area contributed by atoms with Gasteiger partial charge in [-0.05, 0) is 25.0 Å². The molecule has 3 aromatic rings. The average Bonchev–Trinajstić information content (AvgIpc) is 2.72. The lowest BCUT2D eigenvalue weighted by Gasteiger charge is -2.16. The van der Waals surface area contributed by atoms with Crippen LogP contribution in [0.5, 0.6) is 17.2 Å². The number of anilines is 2. The van der Waals surface area contributed by atoms with Crippen LogP contribution in [0.3, 0.4) is 0 Å². The van der Waals surface area contributed by atoms with Gasteiger partial charge in [-0.3, -0.25) is 4.79 Å². The van der Waals surface area contributed by atoms with E-state index in [0.717, 1.165) is 16.7 Å². The molecule has 0 saturated heterocycles. The van der Waals surface area contributed by atoms with Gasteiger partial charge in [0, 0.05) is 29.6 Å². The Morgan fingerprint density at radius 3 is 2.10 bits per heavy atom. The van der Waals surface area contributed by atoms with E-state index in [9.17, 15) is 4.79 Å². The van der Waals surface area contributed by atoms with E-state index in [1.54, 1.807) is 12.1 Å². The zero-order valence-corrected chi connectivity index (χ0v) is 17.6. The highest BCUT2D eigenvalue weighted by atomic mass is 16.5. The summed E-state index contributed by atoms with van der Waals surface area (Å²) in [6.45, 7) is 3.92. The quantitative estimate of drug-likeness (QED) is 0.614. The molecule has 156 valence electrons. The molecule has 8 nitrogen and oxygen atoms in total. The molecule has 8 heteroatoms. The van der Waals surface area contributed by atoms with E-state index >= 15 is 0 Å². The van der Waals surface area contributed by atoms with Gasteiger partial charge in [0.05, 0.1) is 32.6 Å². The summed E-state index contributed by atoms with van der Waals surface area (Å²) in [4.78, 5) is 20.9. The maximum Gasteiger partial charge on any atom is 0.252 e. The van der Waals surface area contributed by atoms with Gasteiger partial charge in [0.1, 0.15) is 0 Å². The SMILES string of the molecule is COc1cc(Nc2ncc(C(N)=O)c(-c3c(C)cccc3C)n2)cc(OC)c1OC. The molecular formula is C22H24N4O4. The molecule has 0 aliphatic rings. The van der Waals surface area contributed by atoms with E-state index in [1.807, 2.05) is 32.0 Å². The van der Waals surface area contributed by atoms with E-state index in [2.05, 4.69) is 15.3 Å². The number of carbonyl (C=O) groups is 1. The molecule has 2 aromatic carbocycles. The molecule has 0 bridgehead atoms. The number of nitrogens with one attached hydrogen (secondary N) is 1. The van der Waals surface area contributed by atoms with Gasteiger partial charge in [-0.2, -0.15) is 0 Å². The highest BCUT2D eigenvalue weighted by Gasteiger charge is 2.18. The normalized spacial score (nSPS) is 10.4. The number of hydrogen-bond donors (Lipinski definition) is 2. The van der Waals surface area contributed by atoms with Gasteiger partial charge >= 0.3 is 0 Å². The molecule has 0 fully saturated rings. The van der Waals surface area contributed by atoms with E-state index in [-0.39, 0.29) is 5.56 Å². The van der Waals surface area contributed by atoms with Crippen molar-refractivity contribution in [2.75, 3.05) is 26.6 Å². The first-order valence-corrected chi connectivity index (χ1v) is 9.20. The van der Waals surface area contributed by atoms with Crippen molar-refractivity contribution in [3.05, 3.63) is 53.2 Å². The van der Waals surface area contributed by atoms with Gasteiger partial charge in [-0.15, -0.1) is 0 Å². The summed E-state index contributed by atoms with van der Waals surface area (Å²) in [5, 5.41) is 3.13. The van der Waals surface area contributed by atoms with E-state index in [1.165, 1.54) is 27.5 Å². The number of benzene rings is 2. The number of ether oxygens (including phenoxy) is 3. The lowest BCUT2D eigenvalue weighted by atomic mass is 9.97.